The lowest BCUT2D eigenvalue weighted by Gasteiger charge is -2.31. The van der Waals surface area contributed by atoms with Gasteiger partial charge in [0.2, 0.25) is 0 Å². The second-order valence-corrected chi connectivity index (χ2v) is 12.7. The summed E-state index contributed by atoms with van der Waals surface area (Å²) in [6.45, 7) is 27.1. The molecule has 4 nitrogen and oxygen atoms in total. The van der Waals surface area contributed by atoms with E-state index in [0.717, 1.165) is 17.8 Å². The molecule has 4 aliphatic rings. The number of piperidine rings is 2. The number of nitrogens with zero attached hydrogens (tertiary/aromatic N) is 4. The molecule has 0 bridgehead atoms. The van der Waals surface area contributed by atoms with Gasteiger partial charge in [0, 0.05) is 38.4 Å². The van der Waals surface area contributed by atoms with E-state index in [1.165, 1.54) is 122 Å². The first-order valence-corrected chi connectivity index (χ1v) is 18.6. The van der Waals surface area contributed by atoms with Crippen LogP contribution in [0.1, 0.15) is 104 Å². The molecule has 0 saturated carbocycles. The summed E-state index contributed by atoms with van der Waals surface area (Å²) in [7, 11) is 2.25. The monoisotopic (exact) mass is 607 g/mol. The van der Waals surface area contributed by atoms with Gasteiger partial charge in [0.25, 0.3) is 0 Å². The quantitative estimate of drug-likeness (QED) is 0.325. The molecule has 4 fully saturated rings. The van der Waals surface area contributed by atoms with Gasteiger partial charge >= 0.3 is 0 Å². The third-order valence-corrected chi connectivity index (χ3v) is 9.55. The number of aryl methyl sites for hydroxylation is 1. The van der Waals surface area contributed by atoms with E-state index in [-0.39, 0.29) is 0 Å². The molecule has 2 atom stereocenters. The summed E-state index contributed by atoms with van der Waals surface area (Å²) in [5.74, 6) is 2.58. The summed E-state index contributed by atoms with van der Waals surface area (Å²) in [6.07, 6.45) is 9.76. The summed E-state index contributed by atoms with van der Waals surface area (Å²) in [5.41, 5.74) is 4.31. The van der Waals surface area contributed by atoms with Crippen molar-refractivity contribution in [2.45, 2.75) is 99.3 Å². The molecule has 2 aromatic rings. The highest BCUT2D eigenvalue weighted by molar-refractivity contribution is 5.46. The topological polar surface area (TPSA) is 13.0 Å². The van der Waals surface area contributed by atoms with Crippen molar-refractivity contribution in [1.82, 2.24) is 14.7 Å². The summed E-state index contributed by atoms with van der Waals surface area (Å²) in [5, 5.41) is 0. The van der Waals surface area contributed by atoms with E-state index in [1.54, 1.807) is 5.56 Å². The van der Waals surface area contributed by atoms with Crippen molar-refractivity contribution in [2.75, 3.05) is 77.4 Å². The van der Waals surface area contributed by atoms with E-state index in [9.17, 15) is 0 Å². The third kappa shape index (κ3) is 13.2. The summed E-state index contributed by atoms with van der Waals surface area (Å²) < 4.78 is 0. The van der Waals surface area contributed by atoms with Crippen molar-refractivity contribution in [3.63, 3.8) is 0 Å². The van der Waals surface area contributed by atoms with Crippen LogP contribution in [0.25, 0.3) is 0 Å². The van der Waals surface area contributed by atoms with Gasteiger partial charge < -0.3 is 19.6 Å². The second kappa shape index (κ2) is 22.6. The van der Waals surface area contributed by atoms with Crippen LogP contribution >= 0.6 is 0 Å². The molecule has 0 N–H and O–H groups in total. The van der Waals surface area contributed by atoms with Crippen molar-refractivity contribution >= 4 is 5.69 Å². The first kappa shape index (κ1) is 38.3. The molecular weight excluding hydrogens is 536 g/mol. The van der Waals surface area contributed by atoms with Crippen LogP contribution in [-0.4, -0.2) is 87.2 Å². The molecule has 6 rings (SSSR count). The maximum Gasteiger partial charge on any atom is 0.0366 e. The van der Waals surface area contributed by atoms with Crippen molar-refractivity contribution in [3.05, 3.63) is 65.7 Å². The zero-order valence-electron chi connectivity index (χ0n) is 30.2. The summed E-state index contributed by atoms with van der Waals surface area (Å²) in [6, 6.07) is 20.1. The first-order valence-electron chi connectivity index (χ1n) is 18.6. The summed E-state index contributed by atoms with van der Waals surface area (Å²) >= 11 is 0. The minimum atomic E-state index is 0.766. The Morgan fingerprint density at radius 3 is 1.80 bits per heavy atom. The Morgan fingerprint density at radius 1 is 0.568 bits per heavy atom. The lowest BCUT2D eigenvalue weighted by Crippen LogP contribution is -2.36. The van der Waals surface area contributed by atoms with Crippen molar-refractivity contribution in [1.29, 1.82) is 0 Å². The Hall–Kier alpha value is -1.88. The highest BCUT2D eigenvalue weighted by atomic mass is 15.2. The largest absolute Gasteiger partial charge is 0.371 e. The van der Waals surface area contributed by atoms with Gasteiger partial charge in [-0.2, -0.15) is 0 Å². The Balaban J connectivity index is 0.000000264. The van der Waals surface area contributed by atoms with Crippen LogP contribution in [0.15, 0.2) is 54.6 Å². The fourth-order valence-corrected chi connectivity index (χ4v) is 7.08. The lowest BCUT2D eigenvalue weighted by molar-refractivity contribution is 0.175. The molecule has 0 aromatic heterocycles. The Kier molecular flexibility index (Phi) is 19.7. The van der Waals surface area contributed by atoms with E-state index in [2.05, 4.69) is 88.2 Å². The van der Waals surface area contributed by atoms with Crippen molar-refractivity contribution in [3.8, 4) is 0 Å². The van der Waals surface area contributed by atoms with Gasteiger partial charge in [-0.25, -0.2) is 0 Å². The van der Waals surface area contributed by atoms with Gasteiger partial charge in [0.05, 0.1) is 0 Å². The van der Waals surface area contributed by atoms with Crippen LogP contribution in [0, 0.1) is 18.8 Å². The van der Waals surface area contributed by atoms with Crippen LogP contribution in [-0.2, 0) is 0 Å². The molecule has 2 aromatic carbocycles. The molecule has 0 radical (unpaired) electrons. The zero-order chi connectivity index (χ0) is 32.2. The molecule has 4 heteroatoms. The highest BCUT2D eigenvalue weighted by Gasteiger charge is 2.27. The Labute approximate surface area is 274 Å². The van der Waals surface area contributed by atoms with Crippen LogP contribution < -0.4 is 4.90 Å². The molecule has 0 amide bonds. The lowest BCUT2D eigenvalue weighted by atomic mass is 9.96. The Bertz CT molecular complexity index is 932. The van der Waals surface area contributed by atoms with E-state index in [1.807, 2.05) is 41.5 Å². The number of rotatable bonds is 6. The van der Waals surface area contributed by atoms with E-state index >= 15 is 0 Å². The number of para-hydroxylation sites is 1. The van der Waals surface area contributed by atoms with Crippen molar-refractivity contribution in [2.24, 2.45) is 11.8 Å². The highest BCUT2D eigenvalue weighted by Crippen LogP contribution is 2.29. The molecular formula is C40H70N4. The van der Waals surface area contributed by atoms with Gasteiger partial charge in [-0.3, -0.25) is 0 Å². The molecule has 0 aliphatic carbocycles. The minimum absolute atomic E-state index is 0.766. The van der Waals surface area contributed by atoms with Crippen LogP contribution in [0.4, 0.5) is 5.69 Å². The minimum Gasteiger partial charge on any atom is -0.371 e. The second-order valence-electron chi connectivity index (χ2n) is 12.7. The normalized spacial score (nSPS) is 22.8. The molecule has 0 spiro atoms. The van der Waals surface area contributed by atoms with E-state index < -0.39 is 0 Å². The zero-order valence-corrected chi connectivity index (χ0v) is 30.2. The number of likely N-dealkylation sites (tertiary alicyclic amines) is 3. The average molecular weight is 607 g/mol. The number of anilines is 1. The number of hydrogen-bond acceptors (Lipinski definition) is 4. The van der Waals surface area contributed by atoms with Gasteiger partial charge in [-0.15, -0.1) is 0 Å². The fourth-order valence-electron chi connectivity index (χ4n) is 7.08. The Morgan fingerprint density at radius 2 is 1.16 bits per heavy atom. The number of hydrogen-bond donors (Lipinski definition) is 0. The predicted molar refractivity (Wildman–Crippen MR) is 196 cm³/mol. The summed E-state index contributed by atoms with van der Waals surface area (Å²) in [4.78, 5) is 10.4. The standard InChI is InChI=1S/C18H28N2.C16H24N2.3C2H6/c1-15-3-5-17(6-4-15)18-9-12-20(14-18)13-16-7-10-19(2)11-8-16;1-3-7-16(8-4-1)18-12-9-15(14-18)13-17-10-5-2-6-11-17;3*1-2/h3-6,16,18H,7-14H2,1-2H3;1,3-4,7-8,15H,2,5-6,9-14H2;3*1-2H3. The van der Waals surface area contributed by atoms with Crippen LogP contribution in [0.2, 0.25) is 0 Å². The molecule has 4 heterocycles. The van der Waals surface area contributed by atoms with Gasteiger partial charge in [0.1, 0.15) is 0 Å². The van der Waals surface area contributed by atoms with Crippen LogP contribution in [0.3, 0.4) is 0 Å². The molecule has 2 unspecified atom stereocenters. The predicted octanol–water partition coefficient (Wildman–Crippen LogP) is 9.20. The molecule has 44 heavy (non-hydrogen) atoms. The van der Waals surface area contributed by atoms with Gasteiger partial charge in [-0.1, -0.05) is 96.0 Å². The third-order valence-electron chi connectivity index (χ3n) is 9.55. The maximum atomic E-state index is 2.71. The maximum absolute atomic E-state index is 2.71. The SMILES string of the molecule is CC.CC.CC.Cc1ccc(C2CCN(CC3CCN(C)CC3)C2)cc1.c1ccc(N2CCC(CN3CCCCC3)C2)cc1. The van der Waals surface area contributed by atoms with Crippen LogP contribution in [0.5, 0.6) is 0 Å². The van der Waals surface area contributed by atoms with Gasteiger partial charge in [0.15, 0.2) is 0 Å². The molecule has 250 valence electrons. The van der Waals surface area contributed by atoms with E-state index in [0.29, 0.717) is 0 Å². The smallest absolute Gasteiger partial charge is 0.0366 e. The van der Waals surface area contributed by atoms with Crippen molar-refractivity contribution < 1.29 is 0 Å². The van der Waals surface area contributed by atoms with Gasteiger partial charge in [-0.05, 0) is 121 Å². The number of benzene rings is 2. The molecule has 4 saturated heterocycles. The van der Waals surface area contributed by atoms with E-state index in [4.69, 9.17) is 0 Å². The fraction of sp³-hybridized carbons (Fsp3) is 0.700. The first-order chi connectivity index (χ1) is 21.6. The molecule has 4 aliphatic heterocycles. The average Bonchev–Trinajstić information content (AvgIpc) is 3.77.